The van der Waals surface area contributed by atoms with Crippen molar-refractivity contribution in [3.8, 4) is 5.75 Å². The molecule has 0 amide bonds. The Kier molecular flexibility index (Phi) is 3.29. The molecule has 3 aromatic rings. The van der Waals surface area contributed by atoms with Gasteiger partial charge in [-0.25, -0.2) is 9.97 Å². The number of hydrogen-bond donors (Lipinski definition) is 1. The van der Waals surface area contributed by atoms with Crippen LogP contribution in [0.5, 0.6) is 5.75 Å². The standard InChI is InChI=1S/C14H13N3OS/c1-2-18-11-5-3-10(4-6-11)17-13-12-7-8-19-14(12)16-9-15-13/h3-9H,2H2,1H3,(H,15,16,17). The van der Waals surface area contributed by atoms with Gasteiger partial charge in [-0.3, -0.25) is 0 Å². The Bertz CT molecular complexity index is 678. The van der Waals surface area contributed by atoms with Gasteiger partial charge in [0.1, 0.15) is 22.7 Å². The van der Waals surface area contributed by atoms with Crippen molar-refractivity contribution in [2.45, 2.75) is 6.92 Å². The third-order valence-corrected chi connectivity index (χ3v) is 3.51. The number of aromatic nitrogens is 2. The predicted molar refractivity (Wildman–Crippen MR) is 78.3 cm³/mol. The molecular weight excluding hydrogens is 258 g/mol. The smallest absolute Gasteiger partial charge is 0.142 e. The molecule has 1 aromatic carbocycles. The summed E-state index contributed by atoms with van der Waals surface area (Å²) < 4.78 is 5.42. The van der Waals surface area contributed by atoms with Gasteiger partial charge in [-0.05, 0) is 42.6 Å². The van der Waals surface area contributed by atoms with E-state index >= 15 is 0 Å². The maximum Gasteiger partial charge on any atom is 0.142 e. The summed E-state index contributed by atoms with van der Waals surface area (Å²) in [5.74, 6) is 1.70. The number of anilines is 2. The molecule has 19 heavy (non-hydrogen) atoms. The summed E-state index contributed by atoms with van der Waals surface area (Å²) in [5, 5.41) is 6.36. The molecule has 2 heterocycles. The molecule has 3 rings (SSSR count). The number of nitrogens with one attached hydrogen (secondary N) is 1. The zero-order valence-electron chi connectivity index (χ0n) is 10.5. The van der Waals surface area contributed by atoms with E-state index < -0.39 is 0 Å². The van der Waals surface area contributed by atoms with E-state index in [1.165, 1.54) is 0 Å². The van der Waals surface area contributed by atoms with E-state index in [1.807, 2.05) is 42.6 Å². The number of fused-ring (bicyclic) bond motifs is 1. The molecule has 0 fully saturated rings. The summed E-state index contributed by atoms with van der Waals surface area (Å²) in [4.78, 5) is 9.50. The lowest BCUT2D eigenvalue weighted by Crippen LogP contribution is -1.95. The SMILES string of the molecule is CCOc1ccc(Nc2ncnc3sccc23)cc1. The molecule has 0 bridgehead atoms. The highest BCUT2D eigenvalue weighted by Crippen LogP contribution is 2.27. The summed E-state index contributed by atoms with van der Waals surface area (Å²) in [6, 6.07) is 9.86. The van der Waals surface area contributed by atoms with Crippen molar-refractivity contribution in [1.29, 1.82) is 0 Å². The van der Waals surface area contributed by atoms with E-state index in [9.17, 15) is 0 Å². The van der Waals surface area contributed by atoms with Crippen LogP contribution in [0, 0.1) is 0 Å². The average molecular weight is 271 g/mol. The van der Waals surface area contributed by atoms with Crippen molar-refractivity contribution in [2.75, 3.05) is 11.9 Å². The highest BCUT2D eigenvalue weighted by molar-refractivity contribution is 7.16. The molecule has 0 saturated carbocycles. The minimum atomic E-state index is 0.675. The number of rotatable bonds is 4. The third-order valence-electron chi connectivity index (χ3n) is 2.69. The molecule has 0 radical (unpaired) electrons. The number of benzene rings is 1. The second-order valence-electron chi connectivity index (χ2n) is 3.94. The molecule has 0 aliphatic heterocycles. The van der Waals surface area contributed by atoms with Gasteiger partial charge in [0.2, 0.25) is 0 Å². The lowest BCUT2D eigenvalue weighted by atomic mass is 10.3. The van der Waals surface area contributed by atoms with E-state index in [2.05, 4.69) is 15.3 Å². The molecule has 5 heteroatoms. The monoisotopic (exact) mass is 271 g/mol. The molecule has 0 aliphatic rings. The van der Waals surface area contributed by atoms with Crippen molar-refractivity contribution in [3.05, 3.63) is 42.0 Å². The Morgan fingerprint density at radius 2 is 2.00 bits per heavy atom. The fourth-order valence-electron chi connectivity index (χ4n) is 1.83. The first kappa shape index (κ1) is 11.9. The van der Waals surface area contributed by atoms with Crippen LogP contribution < -0.4 is 10.1 Å². The van der Waals surface area contributed by atoms with Gasteiger partial charge in [-0.1, -0.05) is 0 Å². The molecule has 96 valence electrons. The summed E-state index contributed by atoms with van der Waals surface area (Å²) in [5.41, 5.74) is 0.981. The highest BCUT2D eigenvalue weighted by Gasteiger charge is 2.04. The Labute approximate surface area is 115 Å². The van der Waals surface area contributed by atoms with Crippen LogP contribution in [0.2, 0.25) is 0 Å². The van der Waals surface area contributed by atoms with E-state index in [4.69, 9.17) is 4.74 Å². The minimum absolute atomic E-state index is 0.675. The molecule has 0 aliphatic carbocycles. The van der Waals surface area contributed by atoms with Crippen LogP contribution in [-0.2, 0) is 0 Å². The van der Waals surface area contributed by atoms with Crippen LogP contribution in [0.1, 0.15) is 6.92 Å². The largest absolute Gasteiger partial charge is 0.494 e. The molecular formula is C14H13N3OS. The average Bonchev–Trinajstić information content (AvgIpc) is 2.91. The molecule has 1 N–H and O–H groups in total. The molecule has 0 unspecified atom stereocenters. The highest BCUT2D eigenvalue weighted by atomic mass is 32.1. The van der Waals surface area contributed by atoms with Crippen LogP contribution in [0.15, 0.2) is 42.0 Å². The van der Waals surface area contributed by atoms with Gasteiger partial charge in [0.15, 0.2) is 0 Å². The van der Waals surface area contributed by atoms with Gasteiger partial charge in [-0.2, -0.15) is 0 Å². The van der Waals surface area contributed by atoms with Crippen molar-refractivity contribution in [3.63, 3.8) is 0 Å². The van der Waals surface area contributed by atoms with Crippen molar-refractivity contribution < 1.29 is 4.74 Å². The molecule has 0 spiro atoms. The van der Waals surface area contributed by atoms with E-state index in [1.54, 1.807) is 17.7 Å². The van der Waals surface area contributed by atoms with Crippen LogP contribution in [0.4, 0.5) is 11.5 Å². The number of nitrogens with zero attached hydrogens (tertiary/aromatic N) is 2. The first-order valence-corrected chi connectivity index (χ1v) is 6.93. The van der Waals surface area contributed by atoms with E-state index in [0.717, 1.165) is 27.5 Å². The maximum absolute atomic E-state index is 5.42. The van der Waals surface area contributed by atoms with Crippen LogP contribution >= 0.6 is 11.3 Å². The summed E-state index contributed by atoms with van der Waals surface area (Å²) in [6.45, 7) is 2.65. The fourth-order valence-corrected chi connectivity index (χ4v) is 2.56. The Balaban J connectivity index is 1.86. The van der Waals surface area contributed by atoms with Crippen LogP contribution in [0.3, 0.4) is 0 Å². The molecule has 0 atom stereocenters. The lowest BCUT2D eigenvalue weighted by molar-refractivity contribution is 0.340. The number of thiophene rings is 1. The summed E-state index contributed by atoms with van der Waals surface area (Å²) >= 11 is 1.61. The van der Waals surface area contributed by atoms with Crippen molar-refractivity contribution in [2.24, 2.45) is 0 Å². The van der Waals surface area contributed by atoms with Crippen LogP contribution in [0.25, 0.3) is 10.2 Å². The second kappa shape index (κ2) is 5.24. The van der Waals surface area contributed by atoms with E-state index in [0.29, 0.717) is 6.61 Å². The van der Waals surface area contributed by atoms with Gasteiger partial charge in [0.25, 0.3) is 0 Å². The van der Waals surface area contributed by atoms with Crippen LogP contribution in [-0.4, -0.2) is 16.6 Å². The van der Waals surface area contributed by atoms with Gasteiger partial charge in [-0.15, -0.1) is 11.3 Å². The quantitative estimate of drug-likeness (QED) is 0.783. The van der Waals surface area contributed by atoms with Crippen molar-refractivity contribution >= 4 is 33.1 Å². The Hall–Kier alpha value is -2.14. The zero-order valence-corrected chi connectivity index (χ0v) is 11.3. The van der Waals surface area contributed by atoms with Gasteiger partial charge in [0, 0.05) is 5.69 Å². The Morgan fingerprint density at radius 3 is 2.79 bits per heavy atom. The summed E-state index contributed by atoms with van der Waals surface area (Å²) in [7, 11) is 0. The van der Waals surface area contributed by atoms with Crippen molar-refractivity contribution in [1.82, 2.24) is 9.97 Å². The topological polar surface area (TPSA) is 47.0 Å². The zero-order chi connectivity index (χ0) is 13.1. The Morgan fingerprint density at radius 1 is 1.16 bits per heavy atom. The predicted octanol–water partition coefficient (Wildman–Crippen LogP) is 3.83. The third kappa shape index (κ3) is 2.51. The fraction of sp³-hybridized carbons (Fsp3) is 0.143. The van der Waals surface area contributed by atoms with E-state index in [-0.39, 0.29) is 0 Å². The first-order chi connectivity index (χ1) is 9.36. The maximum atomic E-state index is 5.42. The van der Waals surface area contributed by atoms with Gasteiger partial charge >= 0.3 is 0 Å². The second-order valence-corrected chi connectivity index (χ2v) is 4.84. The number of hydrogen-bond acceptors (Lipinski definition) is 5. The van der Waals surface area contributed by atoms with Gasteiger partial charge < -0.3 is 10.1 Å². The lowest BCUT2D eigenvalue weighted by Gasteiger charge is -2.07. The minimum Gasteiger partial charge on any atom is -0.494 e. The first-order valence-electron chi connectivity index (χ1n) is 6.05. The molecule has 0 saturated heterocycles. The molecule has 2 aromatic heterocycles. The number of ether oxygens (including phenoxy) is 1. The summed E-state index contributed by atoms with van der Waals surface area (Å²) in [6.07, 6.45) is 1.58. The molecule has 4 nitrogen and oxygen atoms in total. The normalized spacial score (nSPS) is 10.6. The van der Waals surface area contributed by atoms with Gasteiger partial charge in [0.05, 0.1) is 12.0 Å².